The van der Waals surface area contributed by atoms with Gasteiger partial charge in [-0.05, 0) is 97.8 Å². The monoisotopic (exact) mass is 482 g/mol. The summed E-state index contributed by atoms with van der Waals surface area (Å²) in [6, 6.07) is 14.4. The fraction of sp³-hybridized carbons (Fsp3) is 0.200. The standard InChI is InChI=1S/C30H30N2O4/c1-3-35-27-9-5-25(6-10-27)29(33)21-31-17-13-23(14-18-31)24-15-19-32(20-16-24)22-30(34)26-7-11-28(12-8-26)36-4-2/h5-20H,3-4,21-22H2,1-2H3. The van der Waals surface area contributed by atoms with Gasteiger partial charge in [0.15, 0.2) is 11.6 Å². The van der Waals surface area contributed by atoms with Crippen molar-refractivity contribution in [2.75, 3.05) is 26.3 Å². The average molecular weight is 483 g/mol. The van der Waals surface area contributed by atoms with Gasteiger partial charge < -0.3 is 19.3 Å². The molecule has 0 spiro atoms. The third kappa shape index (κ3) is 6.42. The maximum absolute atomic E-state index is 12.6. The molecule has 0 aliphatic carbocycles. The molecule has 2 aliphatic heterocycles. The molecule has 2 heterocycles. The molecule has 0 unspecified atom stereocenters. The lowest BCUT2D eigenvalue weighted by Crippen LogP contribution is -2.22. The summed E-state index contributed by atoms with van der Waals surface area (Å²) in [4.78, 5) is 29.0. The number of Topliss-reactive ketones (excluding diaryl/α,β-unsaturated/α-hetero) is 2. The number of allylic oxidation sites excluding steroid dienone is 6. The van der Waals surface area contributed by atoms with E-state index in [2.05, 4.69) is 0 Å². The third-order valence-corrected chi connectivity index (χ3v) is 5.74. The number of hydrogen-bond acceptors (Lipinski definition) is 6. The number of nitrogens with zero attached hydrogens (tertiary/aromatic N) is 2. The van der Waals surface area contributed by atoms with Crippen molar-refractivity contribution >= 4 is 11.6 Å². The highest BCUT2D eigenvalue weighted by Crippen LogP contribution is 2.21. The summed E-state index contributed by atoms with van der Waals surface area (Å²) in [6.45, 7) is 5.57. The van der Waals surface area contributed by atoms with Gasteiger partial charge in [0.25, 0.3) is 0 Å². The van der Waals surface area contributed by atoms with Crippen LogP contribution in [0.3, 0.4) is 0 Å². The van der Waals surface area contributed by atoms with Gasteiger partial charge in [-0.25, -0.2) is 0 Å². The molecule has 2 aromatic rings. The van der Waals surface area contributed by atoms with Crippen molar-refractivity contribution in [1.82, 2.24) is 9.80 Å². The molecule has 0 N–H and O–H groups in total. The molecule has 0 saturated heterocycles. The second-order valence-corrected chi connectivity index (χ2v) is 8.28. The molecular formula is C30H30N2O4. The highest BCUT2D eigenvalue weighted by Gasteiger charge is 2.13. The van der Waals surface area contributed by atoms with Gasteiger partial charge in [0, 0.05) is 35.9 Å². The van der Waals surface area contributed by atoms with E-state index in [4.69, 9.17) is 9.47 Å². The maximum atomic E-state index is 12.6. The normalized spacial score (nSPS) is 14.4. The minimum absolute atomic E-state index is 0.0359. The van der Waals surface area contributed by atoms with Crippen LogP contribution in [0.15, 0.2) is 109 Å². The molecule has 2 aliphatic rings. The average Bonchev–Trinajstić information content (AvgIpc) is 2.91. The number of carbonyl (C=O) groups is 2. The van der Waals surface area contributed by atoms with Crippen LogP contribution in [0.1, 0.15) is 34.6 Å². The van der Waals surface area contributed by atoms with E-state index in [0.717, 1.165) is 22.6 Å². The highest BCUT2D eigenvalue weighted by molar-refractivity contribution is 5.98. The highest BCUT2D eigenvalue weighted by atomic mass is 16.5. The van der Waals surface area contributed by atoms with Crippen LogP contribution >= 0.6 is 0 Å². The summed E-state index contributed by atoms with van der Waals surface area (Å²) >= 11 is 0. The Hall–Kier alpha value is -4.32. The van der Waals surface area contributed by atoms with Crippen LogP contribution in [0.5, 0.6) is 11.5 Å². The molecule has 4 rings (SSSR count). The fourth-order valence-corrected chi connectivity index (χ4v) is 3.83. The minimum Gasteiger partial charge on any atom is -0.494 e. The van der Waals surface area contributed by atoms with Gasteiger partial charge in [-0.15, -0.1) is 0 Å². The Morgan fingerprint density at radius 3 is 1.22 bits per heavy atom. The van der Waals surface area contributed by atoms with E-state index >= 15 is 0 Å². The zero-order valence-corrected chi connectivity index (χ0v) is 20.6. The Balaban J connectivity index is 1.30. The number of rotatable bonds is 10. The van der Waals surface area contributed by atoms with E-state index in [-0.39, 0.29) is 24.7 Å². The van der Waals surface area contributed by atoms with E-state index in [1.807, 2.05) is 97.0 Å². The van der Waals surface area contributed by atoms with Crippen molar-refractivity contribution in [3.05, 3.63) is 120 Å². The van der Waals surface area contributed by atoms with Crippen LogP contribution in [-0.2, 0) is 0 Å². The lowest BCUT2D eigenvalue weighted by Gasteiger charge is -2.21. The van der Waals surface area contributed by atoms with Crippen LogP contribution < -0.4 is 9.47 Å². The van der Waals surface area contributed by atoms with Crippen molar-refractivity contribution in [3.8, 4) is 11.5 Å². The summed E-state index contributed by atoms with van der Waals surface area (Å²) in [5, 5.41) is 0. The van der Waals surface area contributed by atoms with Gasteiger partial charge in [0.2, 0.25) is 0 Å². The van der Waals surface area contributed by atoms with Gasteiger partial charge in [0.1, 0.15) is 11.5 Å². The fourth-order valence-electron chi connectivity index (χ4n) is 3.83. The molecule has 0 fully saturated rings. The van der Waals surface area contributed by atoms with E-state index in [1.54, 1.807) is 24.3 Å². The second-order valence-electron chi connectivity index (χ2n) is 8.28. The number of ketones is 2. The minimum atomic E-state index is 0.0359. The van der Waals surface area contributed by atoms with Crippen LogP contribution in [0, 0.1) is 0 Å². The Morgan fingerprint density at radius 1 is 0.583 bits per heavy atom. The number of hydrogen-bond donors (Lipinski definition) is 0. The molecule has 0 amide bonds. The van der Waals surface area contributed by atoms with Crippen LogP contribution in [0.4, 0.5) is 0 Å². The topological polar surface area (TPSA) is 59.1 Å². The maximum Gasteiger partial charge on any atom is 0.182 e. The predicted molar refractivity (Wildman–Crippen MR) is 141 cm³/mol. The molecule has 0 saturated carbocycles. The van der Waals surface area contributed by atoms with Crippen molar-refractivity contribution < 1.29 is 19.1 Å². The first-order chi connectivity index (χ1) is 17.6. The molecule has 0 atom stereocenters. The van der Waals surface area contributed by atoms with E-state index in [0.29, 0.717) is 24.3 Å². The first kappa shape index (κ1) is 24.8. The molecule has 36 heavy (non-hydrogen) atoms. The second kappa shape index (κ2) is 11.9. The summed E-state index contributed by atoms with van der Waals surface area (Å²) in [6.07, 6.45) is 15.5. The van der Waals surface area contributed by atoms with Gasteiger partial charge in [-0.1, -0.05) is 0 Å². The van der Waals surface area contributed by atoms with E-state index in [1.165, 1.54) is 0 Å². The van der Waals surface area contributed by atoms with Crippen molar-refractivity contribution in [3.63, 3.8) is 0 Å². The van der Waals surface area contributed by atoms with Crippen LogP contribution in [0.25, 0.3) is 0 Å². The molecule has 0 aromatic heterocycles. The molecule has 6 nitrogen and oxygen atoms in total. The van der Waals surface area contributed by atoms with Crippen molar-refractivity contribution in [2.24, 2.45) is 0 Å². The number of carbonyl (C=O) groups excluding carboxylic acids is 2. The van der Waals surface area contributed by atoms with Crippen LogP contribution in [-0.4, -0.2) is 47.7 Å². The van der Waals surface area contributed by atoms with Gasteiger partial charge in [-0.2, -0.15) is 0 Å². The van der Waals surface area contributed by atoms with Crippen molar-refractivity contribution in [2.45, 2.75) is 13.8 Å². The molecule has 0 bridgehead atoms. The Morgan fingerprint density at radius 2 is 0.917 bits per heavy atom. The molecule has 6 heteroatoms. The van der Waals surface area contributed by atoms with Gasteiger partial charge in [0.05, 0.1) is 26.3 Å². The summed E-state index contributed by atoms with van der Waals surface area (Å²) in [7, 11) is 0. The summed E-state index contributed by atoms with van der Waals surface area (Å²) in [5.41, 5.74) is 3.37. The zero-order chi connectivity index (χ0) is 25.3. The van der Waals surface area contributed by atoms with Gasteiger partial charge >= 0.3 is 0 Å². The van der Waals surface area contributed by atoms with Gasteiger partial charge in [-0.3, -0.25) is 9.59 Å². The first-order valence-electron chi connectivity index (χ1n) is 12.1. The first-order valence-corrected chi connectivity index (χ1v) is 12.1. The quantitative estimate of drug-likeness (QED) is 0.415. The largest absolute Gasteiger partial charge is 0.494 e. The summed E-state index contributed by atoms with van der Waals surface area (Å²) < 4.78 is 10.9. The lowest BCUT2D eigenvalue weighted by atomic mass is 10.0. The zero-order valence-electron chi connectivity index (χ0n) is 20.6. The third-order valence-electron chi connectivity index (χ3n) is 5.74. The van der Waals surface area contributed by atoms with Crippen LogP contribution in [0.2, 0.25) is 0 Å². The Kier molecular flexibility index (Phi) is 8.19. The lowest BCUT2D eigenvalue weighted by molar-refractivity contribution is 0.0961. The number of ether oxygens (including phenoxy) is 2. The molecule has 2 aromatic carbocycles. The van der Waals surface area contributed by atoms with E-state index < -0.39 is 0 Å². The number of benzene rings is 2. The van der Waals surface area contributed by atoms with Crippen molar-refractivity contribution in [1.29, 1.82) is 0 Å². The SMILES string of the molecule is CCOc1ccc(C(=O)CN2C=CC(=C3C=CN(CC(=O)c4ccc(OCC)cc4)C=C3)C=C2)cc1. The Labute approximate surface area is 212 Å². The smallest absolute Gasteiger partial charge is 0.182 e. The predicted octanol–water partition coefficient (Wildman–Crippen LogP) is 5.53. The Bertz CT molecular complexity index is 1110. The molecular weight excluding hydrogens is 452 g/mol. The van der Waals surface area contributed by atoms with E-state index in [9.17, 15) is 9.59 Å². The molecule has 184 valence electrons. The summed E-state index contributed by atoms with van der Waals surface area (Å²) in [5.74, 6) is 1.59. The molecule has 0 radical (unpaired) electrons.